The van der Waals surface area contributed by atoms with Gasteiger partial charge in [-0.25, -0.2) is 9.67 Å². The van der Waals surface area contributed by atoms with Crippen LogP contribution >= 0.6 is 0 Å². The molecule has 1 aromatic heterocycles. The van der Waals surface area contributed by atoms with Gasteiger partial charge in [0.15, 0.2) is 0 Å². The predicted octanol–water partition coefficient (Wildman–Crippen LogP) is 2.17. The number of hydrogen-bond acceptors (Lipinski definition) is 3. The Morgan fingerprint density at radius 2 is 2.24 bits per heavy atom. The maximum absolute atomic E-state index is 6.23. The summed E-state index contributed by atoms with van der Waals surface area (Å²) in [6.45, 7) is 6.61. The summed E-state index contributed by atoms with van der Waals surface area (Å²) in [5.74, 6) is 2.46. The summed E-state index contributed by atoms with van der Waals surface area (Å²) in [7, 11) is 0. The highest BCUT2D eigenvalue weighted by molar-refractivity contribution is 4.93. The Labute approximate surface area is 104 Å². The van der Waals surface area contributed by atoms with E-state index in [1.165, 1.54) is 12.8 Å². The summed E-state index contributed by atoms with van der Waals surface area (Å²) in [6.07, 6.45) is 6.29. The SMILES string of the molecule is CC1CCC(N)C(Cc2ncnn2C(C)C)C1. The van der Waals surface area contributed by atoms with Crippen LogP contribution < -0.4 is 5.73 Å². The van der Waals surface area contributed by atoms with Crippen molar-refractivity contribution in [2.45, 2.75) is 58.5 Å². The van der Waals surface area contributed by atoms with Gasteiger partial charge in [0.2, 0.25) is 0 Å². The number of aromatic nitrogens is 3. The van der Waals surface area contributed by atoms with Gasteiger partial charge in [0.25, 0.3) is 0 Å². The van der Waals surface area contributed by atoms with E-state index in [9.17, 15) is 0 Å². The van der Waals surface area contributed by atoms with E-state index >= 15 is 0 Å². The zero-order valence-corrected chi connectivity index (χ0v) is 11.1. The molecule has 3 atom stereocenters. The molecule has 2 N–H and O–H groups in total. The van der Waals surface area contributed by atoms with E-state index in [1.807, 2.05) is 4.68 Å². The summed E-state index contributed by atoms with van der Waals surface area (Å²) in [5, 5.41) is 4.29. The molecule has 1 aromatic rings. The zero-order valence-electron chi connectivity index (χ0n) is 11.1. The number of rotatable bonds is 3. The summed E-state index contributed by atoms with van der Waals surface area (Å²) in [4.78, 5) is 4.39. The Bertz CT molecular complexity index is 358. The molecule has 1 aliphatic carbocycles. The molecule has 17 heavy (non-hydrogen) atoms. The molecule has 4 nitrogen and oxygen atoms in total. The van der Waals surface area contributed by atoms with Gasteiger partial charge in [-0.15, -0.1) is 0 Å². The van der Waals surface area contributed by atoms with Crippen molar-refractivity contribution in [3.05, 3.63) is 12.2 Å². The maximum Gasteiger partial charge on any atom is 0.138 e. The minimum absolute atomic E-state index is 0.337. The van der Waals surface area contributed by atoms with Crippen molar-refractivity contribution in [3.63, 3.8) is 0 Å². The third-order valence-corrected chi connectivity index (χ3v) is 3.88. The van der Waals surface area contributed by atoms with Crippen molar-refractivity contribution < 1.29 is 0 Å². The molecule has 3 unspecified atom stereocenters. The summed E-state index contributed by atoms with van der Waals surface area (Å²) in [5.41, 5.74) is 6.23. The van der Waals surface area contributed by atoms with Gasteiger partial charge in [-0.05, 0) is 44.9 Å². The molecule has 0 radical (unpaired) electrons. The van der Waals surface area contributed by atoms with Crippen molar-refractivity contribution in [3.8, 4) is 0 Å². The largest absolute Gasteiger partial charge is 0.327 e. The van der Waals surface area contributed by atoms with E-state index in [2.05, 4.69) is 30.9 Å². The second-order valence-electron chi connectivity index (χ2n) is 5.76. The number of nitrogens with zero attached hydrogens (tertiary/aromatic N) is 3. The second kappa shape index (κ2) is 5.17. The average molecular weight is 236 g/mol. The first-order chi connectivity index (χ1) is 8.08. The fraction of sp³-hybridized carbons (Fsp3) is 0.846. The third-order valence-electron chi connectivity index (χ3n) is 3.88. The van der Waals surface area contributed by atoms with Crippen molar-refractivity contribution >= 4 is 0 Å². The van der Waals surface area contributed by atoms with Crippen molar-refractivity contribution in [1.29, 1.82) is 0 Å². The molecule has 0 spiro atoms. The van der Waals surface area contributed by atoms with E-state index in [4.69, 9.17) is 5.73 Å². The smallest absolute Gasteiger partial charge is 0.138 e. The highest BCUT2D eigenvalue weighted by atomic mass is 15.3. The van der Waals surface area contributed by atoms with E-state index in [0.29, 0.717) is 18.0 Å². The lowest BCUT2D eigenvalue weighted by Crippen LogP contribution is -2.37. The Morgan fingerprint density at radius 1 is 1.47 bits per heavy atom. The normalized spacial score (nSPS) is 29.8. The fourth-order valence-corrected chi connectivity index (χ4v) is 2.84. The molecule has 0 saturated heterocycles. The van der Waals surface area contributed by atoms with Gasteiger partial charge in [0.1, 0.15) is 12.2 Å². The lowest BCUT2D eigenvalue weighted by atomic mass is 9.77. The lowest BCUT2D eigenvalue weighted by Gasteiger charge is -2.32. The summed E-state index contributed by atoms with van der Waals surface area (Å²) >= 11 is 0. The molecule has 2 rings (SSSR count). The van der Waals surface area contributed by atoms with Gasteiger partial charge in [-0.2, -0.15) is 5.10 Å². The molecule has 1 heterocycles. The fourth-order valence-electron chi connectivity index (χ4n) is 2.84. The highest BCUT2D eigenvalue weighted by Gasteiger charge is 2.27. The van der Waals surface area contributed by atoms with E-state index in [-0.39, 0.29) is 0 Å². The molecule has 1 saturated carbocycles. The van der Waals surface area contributed by atoms with Crippen LogP contribution in [-0.2, 0) is 6.42 Å². The maximum atomic E-state index is 6.23. The van der Waals surface area contributed by atoms with Crippen LogP contribution in [0.15, 0.2) is 6.33 Å². The minimum Gasteiger partial charge on any atom is -0.327 e. The Balaban J connectivity index is 2.06. The first kappa shape index (κ1) is 12.6. The highest BCUT2D eigenvalue weighted by Crippen LogP contribution is 2.30. The monoisotopic (exact) mass is 236 g/mol. The molecule has 0 aliphatic heterocycles. The zero-order chi connectivity index (χ0) is 12.4. The molecule has 96 valence electrons. The standard InChI is InChI=1S/C13H24N4/c1-9(2)17-13(15-8-16-17)7-11-6-10(3)4-5-12(11)14/h8-12H,4-7,14H2,1-3H3. The third kappa shape index (κ3) is 2.86. The Morgan fingerprint density at radius 3 is 2.94 bits per heavy atom. The van der Waals surface area contributed by atoms with Crippen LogP contribution in [0.3, 0.4) is 0 Å². The topological polar surface area (TPSA) is 56.7 Å². The number of hydrogen-bond donors (Lipinski definition) is 1. The molecular formula is C13H24N4. The van der Waals surface area contributed by atoms with Crippen molar-refractivity contribution in [2.75, 3.05) is 0 Å². The van der Waals surface area contributed by atoms with Gasteiger partial charge in [0.05, 0.1) is 0 Å². The molecule has 1 aliphatic rings. The summed E-state index contributed by atoms with van der Waals surface area (Å²) < 4.78 is 2.02. The molecule has 1 fully saturated rings. The van der Waals surface area contributed by atoms with Crippen molar-refractivity contribution in [1.82, 2.24) is 14.8 Å². The van der Waals surface area contributed by atoms with Crippen LogP contribution in [0.4, 0.5) is 0 Å². The van der Waals surface area contributed by atoms with Gasteiger partial charge in [-0.3, -0.25) is 0 Å². The van der Waals surface area contributed by atoms with Crippen LogP contribution in [-0.4, -0.2) is 20.8 Å². The average Bonchev–Trinajstić information content (AvgIpc) is 2.71. The Kier molecular flexibility index (Phi) is 3.82. The first-order valence-electron chi connectivity index (χ1n) is 6.72. The molecule has 0 amide bonds. The molecule has 0 bridgehead atoms. The van der Waals surface area contributed by atoms with Crippen LogP contribution in [0.5, 0.6) is 0 Å². The molecule has 4 heteroatoms. The van der Waals surface area contributed by atoms with E-state index in [0.717, 1.165) is 24.6 Å². The van der Waals surface area contributed by atoms with Crippen LogP contribution in [0.2, 0.25) is 0 Å². The lowest BCUT2D eigenvalue weighted by molar-refractivity contribution is 0.239. The molecule has 0 aromatic carbocycles. The minimum atomic E-state index is 0.337. The van der Waals surface area contributed by atoms with Crippen LogP contribution in [0, 0.1) is 11.8 Å². The van der Waals surface area contributed by atoms with E-state index < -0.39 is 0 Å². The van der Waals surface area contributed by atoms with Gasteiger partial charge >= 0.3 is 0 Å². The Hall–Kier alpha value is -0.900. The quantitative estimate of drug-likeness (QED) is 0.875. The van der Waals surface area contributed by atoms with Crippen molar-refractivity contribution in [2.24, 2.45) is 17.6 Å². The molecular weight excluding hydrogens is 212 g/mol. The first-order valence-corrected chi connectivity index (χ1v) is 6.72. The van der Waals surface area contributed by atoms with Gasteiger partial charge in [0, 0.05) is 18.5 Å². The van der Waals surface area contributed by atoms with E-state index in [1.54, 1.807) is 6.33 Å². The predicted molar refractivity (Wildman–Crippen MR) is 68.6 cm³/mol. The van der Waals surface area contributed by atoms with Crippen LogP contribution in [0.25, 0.3) is 0 Å². The summed E-state index contributed by atoms with van der Waals surface area (Å²) in [6, 6.07) is 0.716. The van der Waals surface area contributed by atoms with Gasteiger partial charge < -0.3 is 5.73 Å². The van der Waals surface area contributed by atoms with Crippen LogP contribution in [0.1, 0.15) is 51.9 Å². The number of nitrogens with two attached hydrogens (primary N) is 1. The second-order valence-corrected chi connectivity index (χ2v) is 5.76. The van der Waals surface area contributed by atoms with Gasteiger partial charge in [-0.1, -0.05) is 6.92 Å².